The summed E-state index contributed by atoms with van der Waals surface area (Å²) in [6.45, 7) is 6.09. The highest BCUT2D eigenvalue weighted by Gasteiger charge is 2.09. The minimum Gasteiger partial charge on any atom is -0.383 e. The summed E-state index contributed by atoms with van der Waals surface area (Å²) in [7, 11) is 0. The van der Waals surface area contributed by atoms with Gasteiger partial charge in [0.05, 0.1) is 0 Å². The van der Waals surface area contributed by atoms with Gasteiger partial charge in [-0.15, -0.1) is 0 Å². The lowest BCUT2D eigenvalue weighted by Crippen LogP contribution is -2.07. The van der Waals surface area contributed by atoms with Crippen molar-refractivity contribution in [3.05, 3.63) is 39.6 Å². The molecular formula is C15H19BrN4. The van der Waals surface area contributed by atoms with Gasteiger partial charge in [-0.05, 0) is 44.0 Å². The summed E-state index contributed by atoms with van der Waals surface area (Å²) in [5.41, 5.74) is 9.00. The molecule has 0 aliphatic rings. The molecule has 0 spiro atoms. The van der Waals surface area contributed by atoms with E-state index in [4.69, 9.17) is 5.73 Å². The summed E-state index contributed by atoms with van der Waals surface area (Å²) in [6, 6.07) is 6.15. The molecule has 0 atom stereocenters. The van der Waals surface area contributed by atoms with Crippen LogP contribution in [0.2, 0.25) is 0 Å². The number of halogens is 1. The highest BCUT2D eigenvalue weighted by atomic mass is 79.9. The molecule has 1 aromatic carbocycles. The summed E-state index contributed by atoms with van der Waals surface area (Å²) in [4.78, 5) is 8.88. The summed E-state index contributed by atoms with van der Waals surface area (Å²) in [6.07, 6.45) is 1.83. The van der Waals surface area contributed by atoms with Gasteiger partial charge in [0.25, 0.3) is 0 Å². The van der Waals surface area contributed by atoms with E-state index in [1.165, 1.54) is 5.56 Å². The van der Waals surface area contributed by atoms with Gasteiger partial charge in [0.15, 0.2) is 0 Å². The van der Waals surface area contributed by atoms with E-state index in [0.29, 0.717) is 5.82 Å². The van der Waals surface area contributed by atoms with Gasteiger partial charge >= 0.3 is 0 Å². The maximum Gasteiger partial charge on any atom is 0.139 e. The molecule has 2 rings (SSSR count). The minimum atomic E-state index is 0.540. The molecule has 0 radical (unpaired) electrons. The minimum absolute atomic E-state index is 0.540. The second-order valence-corrected chi connectivity index (χ2v) is 5.81. The molecule has 0 unspecified atom stereocenters. The molecule has 0 bridgehead atoms. The van der Waals surface area contributed by atoms with Crippen molar-refractivity contribution in [1.29, 1.82) is 0 Å². The Balaban J connectivity index is 2.36. The Morgan fingerprint density at radius 1 is 1.20 bits per heavy atom. The van der Waals surface area contributed by atoms with E-state index in [1.54, 1.807) is 0 Å². The molecule has 20 heavy (non-hydrogen) atoms. The molecule has 2 aromatic rings. The number of nitrogens with two attached hydrogens (primary N) is 1. The van der Waals surface area contributed by atoms with Crippen molar-refractivity contribution >= 4 is 33.3 Å². The fourth-order valence-electron chi connectivity index (χ4n) is 1.98. The van der Waals surface area contributed by atoms with Crippen molar-refractivity contribution in [2.24, 2.45) is 0 Å². The Kier molecular flexibility index (Phi) is 4.60. The van der Waals surface area contributed by atoms with Crippen LogP contribution in [0.25, 0.3) is 0 Å². The van der Waals surface area contributed by atoms with Crippen LogP contribution in [-0.2, 0) is 6.42 Å². The summed E-state index contributed by atoms with van der Waals surface area (Å²) in [5, 5.41) is 3.33. The monoisotopic (exact) mass is 334 g/mol. The van der Waals surface area contributed by atoms with Crippen LogP contribution in [0, 0.1) is 13.8 Å². The van der Waals surface area contributed by atoms with E-state index in [2.05, 4.69) is 57.2 Å². The normalized spacial score (nSPS) is 10.6. The van der Waals surface area contributed by atoms with Gasteiger partial charge in [-0.25, -0.2) is 9.97 Å². The summed E-state index contributed by atoms with van der Waals surface area (Å²) < 4.78 is 1.04. The van der Waals surface area contributed by atoms with Gasteiger partial charge in [0.2, 0.25) is 0 Å². The van der Waals surface area contributed by atoms with E-state index < -0.39 is 0 Å². The molecule has 1 heterocycles. The van der Waals surface area contributed by atoms with Crippen LogP contribution < -0.4 is 11.1 Å². The molecule has 106 valence electrons. The van der Waals surface area contributed by atoms with Crippen LogP contribution in [-0.4, -0.2) is 9.97 Å². The first-order valence-corrected chi connectivity index (χ1v) is 7.46. The average molecular weight is 335 g/mol. The first-order chi connectivity index (χ1) is 9.49. The molecule has 0 aliphatic heterocycles. The van der Waals surface area contributed by atoms with E-state index >= 15 is 0 Å². The number of anilines is 3. The maximum atomic E-state index is 5.96. The highest BCUT2D eigenvalue weighted by molar-refractivity contribution is 9.10. The van der Waals surface area contributed by atoms with Gasteiger partial charge in [0.1, 0.15) is 17.5 Å². The zero-order valence-electron chi connectivity index (χ0n) is 12.0. The summed E-state index contributed by atoms with van der Waals surface area (Å²) >= 11 is 3.50. The van der Waals surface area contributed by atoms with Crippen LogP contribution >= 0.6 is 15.9 Å². The number of aromatic nitrogens is 2. The predicted octanol–water partition coefficient (Wildman–Crippen LogP) is 4.13. The van der Waals surface area contributed by atoms with Crippen molar-refractivity contribution in [2.45, 2.75) is 33.6 Å². The topological polar surface area (TPSA) is 63.8 Å². The Morgan fingerprint density at radius 3 is 2.60 bits per heavy atom. The second-order valence-electron chi connectivity index (χ2n) is 4.89. The van der Waals surface area contributed by atoms with Gasteiger partial charge in [0, 0.05) is 22.1 Å². The lowest BCUT2D eigenvalue weighted by atomic mass is 10.2. The van der Waals surface area contributed by atoms with E-state index in [9.17, 15) is 0 Å². The van der Waals surface area contributed by atoms with Gasteiger partial charge < -0.3 is 11.1 Å². The van der Waals surface area contributed by atoms with Crippen LogP contribution in [0.1, 0.15) is 30.3 Å². The number of nitrogen functional groups attached to an aromatic ring is 1. The lowest BCUT2D eigenvalue weighted by Gasteiger charge is -2.12. The van der Waals surface area contributed by atoms with Crippen LogP contribution in [0.3, 0.4) is 0 Å². The number of aryl methyl sites for hydroxylation is 2. The van der Waals surface area contributed by atoms with E-state index in [-0.39, 0.29) is 0 Å². The standard InChI is InChI=1S/C15H19BrN4/c1-4-5-13-19-14(17)10(3)15(20-13)18-12-7-9(2)6-11(16)8-12/h6-8H,4-5H2,1-3H3,(H3,17,18,19,20). The predicted molar refractivity (Wildman–Crippen MR) is 87.3 cm³/mol. The van der Waals surface area contributed by atoms with Crippen molar-refractivity contribution in [3.63, 3.8) is 0 Å². The average Bonchev–Trinajstić information content (AvgIpc) is 2.34. The smallest absolute Gasteiger partial charge is 0.139 e. The second kappa shape index (κ2) is 6.22. The molecule has 0 saturated heterocycles. The molecule has 1 aromatic heterocycles. The number of rotatable bonds is 4. The van der Waals surface area contributed by atoms with Crippen LogP contribution in [0.15, 0.2) is 22.7 Å². The van der Waals surface area contributed by atoms with Crippen molar-refractivity contribution in [3.8, 4) is 0 Å². The first-order valence-electron chi connectivity index (χ1n) is 6.66. The first kappa shape index (κ1) is 14.8. The third-order valence-electron chi connectivity index (χ3n) is 3.01. The Labute approximate surface area is 128 Å². The zero-order valence-corrected chi connectivity index (χ0v) is 13.6. The largest absolute Gasteiger partial charge is 0.383 e. The molecular weight excluding hydrogens is 316 g/mol. The molecule has 4 nitrogen and oxygen atoms in total. The van der Waals surface area contributed by atoms with Crippen LogP contribution in [0.5, 0.6) is 0 Å². The van der Waals surface area contributed by atoms with Gasteiger partial charge in [-0.1, -0.05) is 22.9 Å². The Morgan fingerprint density at radius 2 is 1.95 bits per heavy atom. The van der Waals surface area contributed by atoms with Gasteiger partial charge in [-0.2, -0.15) is 0 Å². The van der Waals surface area contributed by atoms with Crippen molar-refractivity contribution < 1.29 is 0 Å². The quantitative estimate of drug-likeness (QED) is 0.882. The lowest BCUT2D eigenvalue weighted by molar-refractivity contribution is 0.836. The number of benzene rings is 1. The summed E-state index contributed by atoms with van der Waals surface area (Å²) in [5.74, 6) is 2.10. The number of hydrogen-bond acceptors (Lipinski definition) is 4. The molecule has 0 fully saturated rings. The molecule has 0 aliphatic carbocycles. The molecule has 0 amide bonds. The molecule has 3 N–H and O–H groups in total. The van der Waals surface area contributed by atoms with E-state index in [0.717, 1.165) is 40.2 Å². The Bertz CT molecular complexity index is 605. The van der Waals surface area contributed by atoms with Crippen molar-refractivity contribution in [2.75, 3.05) is 11.1 Å². The highest BCUT2D eigenvalue weighted by Crippen LogP contribution is 2.25. The fraction of sp³-hybridized carbons (Fsp3) is 0.333. The number of nitrogens with one attached hydrogen (secondary N) is 1. The fourth-order valence-corrected chi connectivity index (χ4v) is 2.59. The number of nitrogens with zero attached hydrogens (tertiary/aromatic N) is 2. The SMILES string of the molecule is CCCc1nc(N)c(C)c(Nc2cc(C)cc(Br)c2)n1. The van der Waals surface area contributed by atoms with Crippen LogP contribution in [0.4, 0.5) is 17.3 Å². The maximum absolute atomic E-state index is 5.96. The van der Waals surface area contributed by atoms with E-state index in [1.807, 2.05) is 13.0 Å². The van der Waals surface area contributed by atoms with Gasteiger partial charge in [-0.3, -0.25) is 0 Å². The third kappa shape index (κ3) is 3.48. The van der Waals surface area contributed by atoms with Crippen molar-refractivity contribution in [1.82, 2.24) is 9.97 Å². The third-order valence-corrected chi connectivity index (χ3v) is 3.47. The Hall–Kier alpha value is -1.62. The molecule has 5 heteroatoms. The number of hydrogen-bond donors (Lipinski definition) is 2. The molecule has 0 saturated carbocycles. The zero-order chi connectivity index (χ0) is 14.7.